The minimum absolute atomic E-state index is 0.0238. The van der Waals surface area contributed by atoms with Crippen LogP contribution in [0.3, 0.4) is 0 Å². The van der Waals surface area contributed by atoms with Crippen molar-refractivity contribution in [2.24, 2.45) is 0 Å². The summed E-state index contributed by atoms with van der Waals surface area (Å²) in [6, 6.07) is 6.47. The Balaban J connectivity index is 2.06. The molecule has 1 aromatic carbocycles. The van der Waals surface area contributed by atoms with Gasteiger partial charge in [0.1, 0.15) is 0 Å². The zero-order valence-corrected chi connectivity index (χ0v) is 14.4. The summed E-state index contributed by atoms with van der Waals surface area (Å²) < 4.78 is 0. The quantitative estimate of drug-likeness (QED) is 0.789. The number of likely N-dealkylation sites (tertiary alicyclic amines) is 1. The second-order valence-corrected chi connectivity index (χ2v) is 7.13. The fraction of sp³-hybridized carbons (Fsp3) is 0.632. The molecule has 3 rings (SSSR count). The molecule has 1 spiro atoms. The zero-order chi connectivity index (χ0) is 15.9. The van der Waals surface area contributed by atoms with E-state index in [1.54, 1.807) is 6.92 Å². The van der Waals surface area contributed by atoms with Crippen molar-refractivity contribution in [1.82, 2.24) is 4.90 Å². The Labute approximate surface area is 134 Å². The molecule has 1 atom stereocenters. The fourth-order valence-corrected chi connectivity index (χ4v) is 4.60. The SMILES string of the molecule is CCN1CCC2(CC1)CC(C)c1cccc(C)c1N2C(C)=O. The highest BCUT2D eigenvalue weighted by atomic mass is 16.2. The Morgan fingerprint density at radius 2 is 2.00 bits per heavy atom. The third-order valence-corrected chi connectivity index (χ3v) is 5.73. The van der Waals surface area contributed by atoms with Gasteiger partial charge in [-0.25, -0.2) is 0 Å². The monoisotopic (exact) mass is 300 g/mol. The van der Waals surface area contributed by atoms with Crippen LogP contribution in [0.5, 0.6) is 0 Å². The Morgan fingerprint density at radius 3 is 2.59 bits per heavy atom. The maximum Gasteiger partial charge on any atom is 0.224 e. The van der Waals surface area contributed by atoms with Gasteiger partial charge in [0.15, 0.2) is 0 Å². The highest BCUT2D eigenvalue weighted by Gasteiger charge is 2.47. The molecule has 0 aliphatic carbocycles. The van der Waals surface area contributed by atoms with Crippen LogP contribution in [0.1, 0.15) is 57.1 Å². The zero-order valence-electron chi connectivity index (χ0n) is 14.4. The maximum absolute atomic E-state index is 12.6. The number of benzene rings is 1. The molecule has 1 unspecified atom stereocenters. The van der Waals surface area contributed by atoms with E-state index in [0.717, 1.165) is 38.9 Å². The summed E-state index contributed by atoms with van der Waals surface area (Å²) in [6.45, 7) is 11.7. The van der Waals surface area contributed by atoms with Crippen LogP contribution < -0.4 is 4.90 Å². The minimum atomic E-state index is 0.0238. The van der Waals surface area contributed by atoms with Crippen molar-refractivity contribution < 1.29 is 4.79 Å². The van der Waals surface area contributed by atoms with Gasteiger partial charge in [-0.05, 0) is 49.8 Å². The van der Waals surface area contributed by atoms with Gasteiger partial charge in [-0.2, -0.15) is 0 Å². The van der Waals surface area contributed by atoms with Gasteiger partial charge < -0.3 is 9.80 Å². The lowest BCUT2D eigenvalue weighted by atomic mass is 9.72. The first-order valence-electron chi connectivity index (χ1n) is 8.61. The normalized spacial score (nSPS) is 24.4. The lowest BCUT2D eigenvalue weighted by molar-refractivity contribution is -0.118. The summed E-state index contributed by atoms with van der Waals surface area (Å²) in [5.74, 6) is 0.728. The number of anilines is 1. The Morgan fingerprint density at radius 1 is 1.32 bits per heavy atom. The number of hydrogen-bond donors (Lipinski definition) is 0. The molecule has 1 saturated heterocycles. The maximum atomic E-state index is 12.6. The smallest absolute Gasteiger partial charge is 0.224 e. The molecule has 120 valence electrons. The van der Waals surface area contributed by atoms with Gasteiger partial charge in [-0.3, -0.25) is 4.79 Å². The first-order chi connectivity index (χ1) is 10.5. The van der Waals surface area contributed by atoms with Gasteiger partial charge in [-0.15, -0.1) is 0 Å². The molecule has 1 amide bonds. The molecule has 3 nitrogen and oxygen atoms in total. The largest absolute Gasteiger partial charge is 0.306 e. The summed E-state index contributed by atoms with van der Waals surface area (Å²) in [5.41, 5.74) is 3.80. The van der Waals surface area contributed by atoms with Gasteiger partial charge in [0.25, 0.3) is 0 Å². The number of para-hydroxylation sites is 1. The van der Waals surface area contributed by atoms with Gasteiger partial charge in [0.05, 0.1) is 11.2 Å². The number of fused-ring (bicyclic) bond motifs is 1. The molecule has 0 saturated carbocycles. The van der Waals surface area contributed by atoms with Gasteiger partial charge >= 0.3 is 0 Å². The molecule has 0 aromatic heterocycles. The first-order valence-corrected chi connectivity index (χ1v) is 8.61. The van der Waals surface area contributed by atoms with E-state index in [2.05, 4.69) is 48.8 Å². The van der Waals surface area contributed by atoms with Crippen LogP contribution in [0.25, 0.3) is 0 Å². The molecular formula is C19H28N2O. The van der Waals surface area contributed by atoms with E-state index < -0.39 is 0 Å². The lowest BCUT2D eigenvalue weighted by Gasteiger charge is -2.53. The highest BCUT2D eigenvalue weighted by molar-refractivity contribution is 5.95. The number of carbonyl (C=O) groups excluding carboxylic acids is 1. The number of carbonyl (C=O) groups is 1. The molecule has 0 radical (unpaired) electrons. The van der Waals surface area contributed by atoms with Crippen LogP contribution in [0.2, 0.25) is 0 Å². The number of amides is 1. The standard InChI is InChI=1S/C19H28N2O/c1-5-20-11-9-19(10-12-20)13-15(3)17-8-6-7-14(2)18(17)21(19)16(4)22/h6-8,15H,5,9-13H2,1-4H3. The van der Waals surface area contributed by atoms with Crippen LogP contribution in [0.4, 0.5) is 5.69 Å². The van der Waals surface area contributed by atoms with Gasteiger partial charge in [-0.1, -0.05) is 32.0 Å². The minimum Gasteiger partial charge on any atom is -0.306 e. The Bertz CT molecular complexity index is 573. The number of nitrogens with zero attached hydrogens (tertiary/aromatic N) is 2. The van der Waals surface area contributed by atoms with E-state index in [1.807, 2.05) is 0 Å². The van der Waals surface area contributed by atoms with E-state index in [9.17, 15) is 4.79 Å². The molecule has 2 heterocycles. The average Bonchev–Trinajstić information content (AvgIpc) is 2.49. The van der Waals surface area contributed by atoms with E-state index in [1.165, 1.54) is 16.8 Å². The molecule has 1 fully saturated rings. The molecule has 22 heavy (non-hydrogen) atoms. The van der Waals surface area contributed by atoms with Crippen LogP contribution >= 0.6 is 0 Å². The summed E-state index contributed by atoms with van der Waals surface area (Å²) in [6.07, 6.45) is 3.29. The van der Waals surface area contributed by atoms with Crippen molar-refractivity contribution in [3.8, 4) is 0 Å². The summed E-state index contributed by atoms with van der Waals surface area (Å²) in [5, 5.41) is 0. The summed E-state index contributed by atoms with van der Waals surface area (Å²) >= 11 is 0. The summed E-state index contributed by atoms with van der Waals surface area (Å²) in [7, 11) is 0. The number of rotatable bonds is 1. The van der Waals surface area contributed by atoms with Gasteiger partial charge in [0, 0.05) is 20.0 Å². The number of aryl methyl sites for hydroxylation is 1. The van der Waals surface area contributed by atoms with E-state index in [-0.39, 0.29) is 11.4 Å². The molecule has 2 aliphatic heterocycles. The highest BCUT2D eigenvalue weighted by Crippen LogP contribution is 2.49. The third kappa shape index (κ3) is 2.36. The Hall–Kier alpha value is -1.35. The topological polar surface area (TPSA) is 23.6 Å². The second kappa shape index (κ2) is 5.69. The molecule has 0 bridgehead atoms. The lowest BCUT2D eigenvalue weighted by Crippen LogP contribution is -2.60. The first kappa shape index (κ1) is 15.5. The van der Waals surface area contributed by atoms with Crippen molar-refractivity contribution in [1.29, 1.82) is 0 Å². The van der Waals surface area contributed by atoms with Crippen molar-refractivity contribution in [2.45, 2.75) is 58.4 Å². The van der Waals surface area contributed by atoms with Gasteiger partial charge in [0.2, 0.25) is 5.91 Å². The number of piperidine rings is 1. The summed E-state index contributed by atoms with van der Waals surface area (Å²) in [4.78, 5) is 17.2. The number of hydrogen-bond acceptors (Lipinski definition) is 2. The van der Waals surface area contributed by atoms with Crippen molar-refractivity contribution in [3.05, 3.63) is 29.3 Å². The molecule has 1 aromatic rings. The van der Waals surface area contributed by atoms with Crippen LogP contribution in [-0.4, -0.2) is 36.0 Å². The predicted octanol–water partition coefficient (Wildman–Crippen LogP) is 3.71. The molecular weight excluding hydrogens is 272 g/mol. The fourth-order valence-electron chi connectivity index (χ4n) is 4.60. The third-order valence-electron chi connectivity index (χ3n) is 5.73. The van der Waals surface area contributed by atoms with E-state index in [0.29, 0.717) is 5.92 Å². The second-order valence-electron chi connectivity index (χ2n) is 7.13. The molecule has 2 aliphatic rings. The van der Waals surface area contributed by atoms with Crippen molar-refractivity contribution >= 4 is 11.6 Å². The predicted molar refractivity (Wildman–Crippen MR) is 91.5 cm³/mol. The van der Waals surface area contributed by atoms with E-state index in [4.69, 9.17) is 0 Å². The Kier molecular flexibility index (Phi) is 4.02. The van der Waals surface area contributed by atoms with Crippen molar-refractivity contribution in [2.75, 3.05) is 24.5 Å². The molecule has 0 N–H and O–H groups in total. The van der Waals surface area contributed by atoms with E-state index >= 15 is 0 Å². The van der Waals surface area contributed by atoms with Crippen LogP contribution in [0, 0.1) is 6.92 Å². The van der Waals surface area contributed by atoms with Crippen LogP contribution in [-0.2, 0) is 4.79 Å². The van der Waals surface area contributed by atoms with Crippen molar-refractivity contribution in [3.63, 3.8) is 0 Å². The average molecular weight is 300 g/mol. The van der Waals surface area contributed by atoms with Crippen LogP contribution in [0.15, 0.2) is 18.2 Å². The molecule has 3 heteroatoms.